The summed E-state index contributed by atoms with van der Waals surface area (Å²) in [4.78, 5) is 14.9. The lowest BCUT2D eigenvalue weighted by atomic mass is 10.0. The second kappa shape index (κ2) is 6.54. The van der Waals surface area contributed by atoms with Crippen molar-refractivity contribution in [1.29, 1.82) is 0 Å². The molecule has 0 aliphatic heterocycles. The van der Waals surface area contributed by atoms with Gasteiger partial charge in [0.05, 0.1) is 19.9 Å². The maximum atomic E-state index is 12.8. The molecule has 1 aromatic heterocycles. The van der Waals surface area contributed by atoms with Gasteiger partial charge in [-0.15, -0.1) is 0 Å². The topological polar surface area (TPSA) is 47.4 Å². The molecular weight excluding hydrogens is 266 g/mol. The molecule has 5 nitrogen and oxygen atoms in total. The van der Waals surface area contributed by atoms with Crippen LogP contribution in [0.3, 0.4) is 0 Å². The average molecular weight is 287 g/mol. The van der Waals surface area contributed by atoms with E-state index >= 15 is 0 Å². The molecule has 21 heavy (non-hydrogen) atoms. The van der Waals surface area contributed by atoms with E-state index in [0.29, 0.717) is 23.6 Å². The van der Waals surface area contributed by atoms with E-state index in [2.05, 4.69) is 10.00 Å². The first-order valence-electron chi connectivity index (χ1n) is 6.89. The fourth-order valence-electron chi connectivity index (χ4n) is 2.17. The molecule has 0 spiro atoms. The van der Waals surface area contributed by atoms with Crippen LogP contribution in [0.15, 0.2) is 30.5 Å². The molecule has 0 unspecified atom stereocenters. The first-order chi connectivity index (χ1) is 10.0. The molecule has 1 aromatic carbocycles. The third kappa shape index (κ3) is 3.31. The number of ether oxygens (including phenoxy) is 1. The van der Waals surface area contributed by atoms with Gasteiger partial charge in [-0.2, -0.15) is 5.10 Å². The number of aryl methyl sites for hydroxylation is 1. The standard InChI is InChI=1S/C16H21N3O2/c1-12-7-5-6-8-13(12)16(20)15-14(21-4)11-17-19(15)10-9-18(2)3/h5-8,11H,9-10H2,1-4H3. The molecule has 0 bridgehead atoms. The van der Waals surface area contributed by atoms with E-state index in [-0.39, 0.29) is 5.78 Å². The second-order valence-corrected chi connectivity index (χ2v) is 5.23. The van der Waals surface area contributed by atoms with Crippen molar-refractivity contribution < 1.29 is 9.53 Å². The van der Waals surface area contributed by atoms with Crippen molar-refractivity contribution in [1.82, 2.24) is 14.7 Å². The van der Waals surface area contributed by atoms with Gasteiger partial charge >= 0.3 is 0 Å². The Morgan fingerprint density at radius 3 is 2.67 bits per heavy atom. The molecule has 0 saturated carbocycles. The van der Waals surface area contributed by atoms with E-state index in [1.165, 1.54) is 0 Å². The van der Waals surface area contributed by atoms with Gasteiger partial charge in [-0.3, -0.25) is 9.48 Å². The zero-order valence-corrected chi connectivity index (χ0v) is 13.0. The maximum Gasteiger partial charge on any atom is 0.215 e. The summed E-state index contributed by atoms with van der Waals surface area (Å²) in [7, 11) is 5.54. The minimum Gasteiger partial charge on any atom is -0.493 e. The van der Waals surface area contributed by atoms with Crippen LogP contribution in [0.5, 0.6) is 5.75 Å². The van der Waals surface area contributed by atoms with Gasteiger partial charge in [-0.1, -0.05) is 24.3 Å². The van der Waals surface area contributed by atoms with E-state index in [1.54, 1.807) is 18.0 Å². The van der Waals surface area contributed by atoms with Crippen LogP contribution < -0.4 is 4.74 Å². The van der Waals surface area contributed by atoms with Crippen LogP contribution in [0.2, 0.25) is 0 Å². The number of nitrogens with zero attached hydrogens (tertiary/aromatic N) is 3. The van der Waals surface area contributed by atoms with E-state index in [4.69, 9.17) is 4.74 Å². The third-order valence-corrected chi connectivity index (χ3v) is 3.39. The molecule has 0 radical (unpaired) electrons. The lowest BCUT2D eigenvalue weighted by molar-refractivity contribution is 0.102. The highest BCUT2D eigenvalue weighted by Crippen LogP contribution is 2.22. The van der Waals surface area contributed by atoms with Gasteiger partial charge in [0.1, 0.15) is 0 Å². The number of rotatable bonds is 6. The van der Waals surface area contributed by atoms with Crippen molar-refractivity contribution in [2.24, 2.45) is 0 Å². The van der Waals surface area contributed by atoms with Crippen molar-refractivity contribution in [2.75, 3.05) is 27.7 Å². The summed E-state index contributed by atoms with van der Waals surface area (Å²) < 4.78 is 7.01. The normalized spacial score (nSPS) is 10.9. The molecule has 0 atom stereocenters. The summed E-state index contributed by atoms with van der Waals surface area (Å²) >= 11 is 0. The highest BCUT2D eigenvalue weighted by atomic mass is 16.5. The molecule has 0 amide bonds. The van der Waals surface area contributed by atoms with E-state index in [0.717, 1.165) is 12.1 Å². The Labute approximate surface area is 125 Å². The van der Waals surface area contributed by atoms with Gasteiger partial charge < -0.3 is 9.64 Å². The molecular formula is C16H21N3O2. The Kier molecular flexibility index (Phi) is 4.75. The number of benzene rings is 1. The lowest BCUT2D eigenvalue weighted by Crippen LogP contribution is -2.22. The van der Waals surface area contributed by atoms with Crippen molar-refractivity contribution in [3.8, 4) is 5.75 Å². The zero-order valence-electron chi connectivity index (χ0n) is 13.0. The van der Waals surface area contributed by atoms with Crippen LogP contribution in [-0.4, -0.2) is 48.2 Å². The van der Waals surface area contributed by atoms with Crippen molar-refractivity contribution >= 4 is 5.78 Å². The number of likely N-dealkylation sites (N-methyl/N-ethyl adjacent to an activating group) is 1. The third-order valence-electron chi connectivity index (χ3n) is 3.39. The summed E-state index contributed by atoms with van der Waals surface area (Å²) in [6.45, 7) is 3.38. The number of ketones is 1. The van der Waals surface area contributed by atoms with E-state index in [1.807, 2.05) is 45.3 Å². The van der Waals surface area contributed by atoms with Crippen LogP contribution >= 0.6 is 0 Å². The Balaban J connectivity index is 2.39. The summed E-state index contributed by atoms with van der Waals surface area (Å²) in [5.74, 6) is 0.461. The number of methoxy groups -OCH3 is 1. The van der Waals surface area contributed by atoms with Crippen LogP contribution in [0.25, 0.3) is 0 Å². The van der Waals surface area contributed by atoms with Gasteiger partial charge in [0.2, 0.25) is 5.78 Å². The minimum atomic E-state index is -0.0544. The van der Waals surface area contributed by atoms with Crippen molar-refractivity contribution in [3.63, 3.8) is 0 Å². The summed E-state index contributed by atoms with van der Waals surface area (Å²) in [5.41, 5.74) is 2.14. The molecule has 2 aromatic rings. The summed E-state index contributed by atoms with van der Waals surface area (Å²) in [5, 5.41) is 4.28. The number of carbonyl (C=O) groups is 1. The van der Waals surface area contributed by atoms with Gasteiger partial charge in [-0.25, -0.2) is 0 Å². The molecule has 0 saturated heterocycles. The van der Waals surface area contributed by atoms with Crippen molar-refractivity contribution in [3.05, 3.63) is 47.3 Å². The number of aromatic nitrogens is 2. The smallest absolute Gasteiger partial charge is 0.215 e. The van der Waals surface area contributed by atoms with Gasteiger partial charge in [0.25, 0.3) is 0 Å². The maximum absolute atomic E-state index is 12.8. The molecule has 0 aliphatic rings. The molecule has 2 rings (SSSR count). The van der Waals surface area contributed by atoms with Crippen LogP contribution in [0.1, 0.15) is 21.6 Å². The highest BCUT2D eigenvalue weighted by Gasteiger charge is 2.22. The van der Waals surface area contributed by atoms with Gasteiger partial charge in [0, 0.05) is 12.1 Å². The number of carbonyl (C=O) groups excluding carboxylic acids is 1. The number of hydrogen-bond acceptors (Lipinski definition) is 4. The lowest BCUT2D eigenvalue weighted by Gasteiger charge is -2.12. The Morgan fingerprint density at radius 1 is 1.33 bits per heavy atom. The molecule has 112 valence electrons. The predicted molar refractivity (Wildman–Crippen MR) is 81.9 cm³/mol. The van der Waals surface area contributed by atoms with Gasteiger partial charge in [-0.05, 0) is 26.6 Å². The molecule has 0 aliphatic carbocycles. The molecule has 0 N–H and O–H groups in total. The number of hydrogen-bond donors (Lipinski definition) is 0. The largest absolute Gasteiger partial charge is 0.493 e. The van der Waals surface area contributed by atoms with Crippen LogP contribution in [0.4, 0.5) is 0 Å². The SMILES string of the molecule is COc1cnn(CCN(C)C)c1C(=O)c1ccccc1C. The van der Waals surface area contributed by atoms with Gasteiger partial charge in [0.15, 0.2) is 11.4 Å². The summed E-state index contributed by atoms with van der Waals surface area (Å²) in [6.07, 6.45) is 1.60. The van der Waals surface area contributed by atoms with Crippen LogP contribution in [-0.2, 0) is 6.54 Å². The Hall–Kier alpha value is -2.14. The van der Waals surface area contributed by atoms with E-state index in [9.17, 15) is 4.79 Å². The van der Waals surface area contributed by atoms with Crippen LogP contribution in [0, 0.1) is 6.92 Å². The Morgan fingerprint density at radius 2 is 2.05 bits per heavy atom. The first-order valence-corrected chi connectivity index (χ1v) is 6.89. The van der Waals surface area contributed by atoms with E-state index < -0.39 is 0 Å². The molecule has 0 fully saturated rings. The fourth-order valence-corrected chi connectivity index (χ4v) is 2.17. The second-order valence-electron chi connectivity index (χ2n) is 5.23. The average Bonchev–Trinajstić information content (AvgIpc) is 2.87. The minimum absolute atomic E-state index is 0.0544. The predicted octanol–water partition coefficient (Wildman–Crippen LogP) is 1.99. The van der Waals surface area contributed by atoms with Crippen molar-refractivity contribution in [2.45, 2.75) is 13.5 Å². The monoisotopic (exact) mass is 287 g/mol. The fraction of sp³-hybridized carbons (Fsp3) is 0.375. The zero-order chi connectivity index (χ0) is 15.4. The Bertz CT molecular complexity index is 632. The molecule has 1 heterocycles. The quantitative estimate of drug-likeness (QED) is 0.762. The molecule has 5 heteroatoms. The first kappa shape index (κ1) is 15.3. The summed E-state index contributed by atoms with van der Waals surface area (Å²) in [6, 6.07) is 7.56. The highest BCUT2D eigenvalue weighted by molar-refractivity contribution is 6.10.